The number of fused-ring (bicyclic) bond motifs is 4. The number of thiazole rings is 1. The molecule has 0 radical (unpaired) electrons. The average Bonchev–Trinajstić information content (AvgIpc) is 3.41. The summed E-state index contributed by atoms with van der Waals surface area (Å²) in [6.07, 6.45) is 2.90. The Kier molecular flexibility index (Phi) is 7.12. The second kappa shape index (κ2) is 10.4. The first kappa shape index (κ1) is 23.9. The lowest BCUT2D eigenvalue weighted by Crippen LogP contribution is -2.30. The molecule has 1 heterocycles. The van der Waals surface area contributed by atoms with Gasteiger partial charge in [0, 0.05) is 11.4 Å². The predicted molar refractivity (Wildman–Crippen MR) is 146 cm³/mol. The Labute approximate surface area is 215 Å². The minimum Gasteiger partial charge on any atom is -0.494 e. The third kappa shape index (κ3) is 4.69. The fourth-order valence-electron chi connectivity index (χ4n) is 4.84. The molecule has 0 aliphatic heterocycles. The van der Waals surface area contributed by atoms with Gasteiger partial charge in [-0.3, -0.25) is 4.79 Å². The first-order chi connectivity index (χ1) is 17.1. The van der Waals surface area contributed by atoms with Crippen LogP contribution in [0.5, 0.6) is 5.75 Å². The van der Waals surface area contributed by atoms with Crippen molar-refractivity contribution in [2.75, 3.05) is 13.2 Å². The van der Waals surface area contributed by atoms with Gasteiger partial charge in [0.15, 0.2) is 4.34 Å². The molecule has 1 aliphatic carbocycles. The molecule has 5 rings (SSSR count). The van der Waals surface area contributed by atoms with Gasteiger partial charge in [-0.15, -0.1) is 11.3 Å². The quantitative estimate of drug-likeness (QED) is 0.258. The molecule has 1 N–H and O–H groups in total. The highest BCUT2D eigenvalue weighted by molar-refractivity contribution is 8.01. The number of aryl methyl sites for hydroxylation is 1. The van der Waals surface area contributed by atoms with Crippen molar-refractivity contribution in [3.63, 3.8) is 0 Å². The van der Waals surface area contributed by atoms with Crippen molar-refractivity contribution >= 4 is 39.2 Å². The van der Waals surface area contributed by atoms with Crippen LogP contribution in [0.1, 0.15) is 56.2 Å². The van der Waals surface area contributed by atoms with Crippen molar-refractivity contribution in [1.29, 1.82) is 0 Å². The SMILES string of the molecule is CCCNC(=O)C1c2ccccc2-c2cc(Sc3nc4ccc(OCC)cc4s3)cc(CCC)c21. The second-order valence-electron chi connectivity index (χ2n) is 8.75. The minimum absolute atomic E-state index is 0.104. The Balaban J connectivity index is 1.55. The summed E-state index contributed by atoms with van der Waals surface area (Å²) in [6, 6.07) is 19.0. The van der Waals surface area contributed by atoms with Crippen LogP contribution in [0.3, 0.4) is 0 Å². The van der Waals surface area contributed by atoms with E-state index in [4.69, 9.17) is 9.72 Å². The first-order valence-electron chi connectivity index (χ1n) is 12.4. The van der Waals surface area contributed by atoms with Gasteiger partial charge in [0.1, 0.15) is 5.75 Å². The fourth-order valence-corrected chi connectivity index (χ4v) is 7.01. The summed E-state index contributed by atoms with van der Waals surface area (Å²) >= 11 is 3.40. The van der Waals surface area contributed by atoms with E-state index in [1.807, 2.05) is 25.1 Å². The van der Waals surface area contributed by atoms with E-state index in [0.717, 1.165) is 45.1 Å². The summed E-state index contributed by atoms with van der Waals surface area (Å²) in [5.74, 6) is 0.742. The van der Waals surface area contributed by atoms with Crippen molar-refractivity contribution in [2.45, 2.75) is 55.2 Å². The molecule has 1 amide bonds. The standard InChI is InChI=1S/C29H30N2O2S2/c1-4-9-18-15-20(34-29-31-24-13-12-19(33-6-3)16-25(24)35-29)17-23-21-10-7-8-11-22(21)27(26(18)23)28(32)30-14-5-2/h7-8,10-13,15-17,27H,4-6,9,14H2,1-3H3,(H,30,32). The van der Waals surface area contributed by atoms with Crippen LogP contribution in [0.4, 0.5) is 0 Å². The van der Waals surface area contributed by atoms with Gasteiger partial charge in [0.25, 0.3) is 0 Å². The molecular formula is C29H30N2O2S2. The van der Waals surface area contributed by atoms with E-state index in [2.05, 4.69) is 55.6 Å². The second-order valence-corrected chi connectivity index (χ2v) is 11.1. The number of hydrogen-bond acceptors (Lipinski definition) is 5. The number of aromatic nitrogens is 1. The number of hydrogen-bond donors (Lipinski definition) is 1. The molecule has 1 aliphatic rings. The van der Waals surface area contributed by atoms with Gasteiger partial charge in [-0.05, 0) is 77.9 Å². The summed E-state index contributed by atoms with van der Waals surface area (Å²) in [4.78, 5) is 19.3. The predicted octanol–water partition coefficient (Wildman–Crippen LogP) is 7.44. The lowest BCUT2D eigenvalue weighted by Gasteiger charge is -2.18. The van der Waals surface area contributed by atoms with Crippen LogP contribution in [0, 0.1) is 0 Å². The van der Waals surface area contributed by atoms with E-state index in [-0.39, 0.29) is 11.8 Å². The number of nitrogens with one attached hydrogen (secondary N) is 1. The highest BCUT2D eigenvalue weighted by Crippen LogP contribution is 2.49. The number of ether oxygens (including phenoxy) is 1. The fraction of sp³-hybridized carbons (Fsp3) is 0.310. The smallest absolute Gasteiger partial charge is 0.232 e. The van der Waals surface area contributed by atoms with Crippen molar-refractivity contribution in [3.8, 4) is 16.9 Å². The maximum atomic E-state index is 13.3. The Morgan fingerprint density at radius 1 is 1.06 bits per heavy atom. The summed E-state index contributed by atoms with van der Waals surface area (Å²) in [6.45, 7) is 7.63. The topological polar surface area (TPSA) is 51.2 Å². The molecule has 6 heteroatoms. The highest BCUT2D eigenvalue weighted by atomic mass is 32.2. The van der Waals surface area contributed by atoms with Crippen LogP contribution in [-0.2, 0) is 11.2 Å². The minimum atomic E-state index is -0.243. The zero-order valence-electron chi connectivity index (χ0n) is 20.4. The third-order valence-corrected chi connectivity index (χ3v) is 8.33. The largest absolute Gasteiger partial charge is 0.494 e. The summed E-state index contributed by atoms with van der Waals surface area (Å²) in [5, 5.41) is 3.15. The molecule has 0 saturated heterocycles. The molecule has 35 heavy (non-hydrogen) atoms. The maximum Gasteiger partial charge on any atom is 0.232 e. The van der Waals surface area contributed by atoms with Gasteiger partial charge in [-0.1, -0.05) is 56.3 Å². The Hall–Kier alpha value is -2.83. The van der Waals surface area contributed by atoms with Gasteiger partial charge in [-0.2, -0.15) is 0 Å². The van der Waals surface area contributed by atoms with E-state index >= 15 is 0 Å². The summed E-state index contributed by atoms with van der Waals surface area (Å²) in [7, 11) is 0. The normalized spacial score (nSPS) is 14.1. The zero-order chi connectivity index (χ0) is 24.4. The number of amides is 1. The molecule has 0 spiro atoms. The van der Waals surface area contributed by atoms with Crippen molar-refractivity contribution in [1.82, 2.24) is 10.3 Å². The van der Waals surface area contributed by atoms with Crippen LogP contribution in [0.15, 0.2) is 63.8 Å². The molecule has 180 valence electrons. The van der Waals surface area contributed by atoms with E-state index < -0.39 is 0 Å². The molecule has 1 unspecified atom stereocenters. The number of rotatable bonds is 9. The molecule has 3 aromatic carbocycles. The number of nitrogens with zero attached hydrogens (tertiary/aromatic N) is 1. The van der Waals surface area contributed by atoms with Crippen molar-refractivity contribution < 1.29 is 9.53 Å². The molecule has 4 aromatic rings. The van der Waals surface area contributed by atoms with Gasteiger partial charge < -0.3 is 10.1 Å². The maximum absolute atomic E-state index is 13.3. The number of carbonyl (C=O) groups is 1. The Bertz CT molecular complexity index is 1380. The summed E-state index contributed by atoms with van der Waals surface area (Å²) < 4.78 is 7.81. The molecular weight excluding hydrogens is 472 g/mol. The van der Waals surface area contributed by atoms with Gasteiger partial charge >= 0.3 is 0 Å². The van der Waals surface area contributed by atoms with Crippen LogP contribution in [0.2, 0.25) is 0 Å². The van der Waals surface area contributed by atoms with Gasteiger partial charge in [-0.25, -0.2) is 4.98 Å². The molecule has 0 saturated carbocycles. The van der Waals surface area contributed by atoms with E-state index in [1.54, 1.807) is 23.1 Å². The number of carbonyl (C=O) groups excluding carboxylic acids is 1. The van der Waals surface area contributed by atoms with Crippen LogP contribution >= 0.6 is 23.1 Å². The van der Waals surface area contributed by atoms with Crippen LogP contribution in [-0.4, -0.2) is 24.0 Å². The Morgan fingerprint density at radius 2 is 1.91 bits per heavy atom. The highest BCUT2D eigenvalue weighted by Gasteiger charge is 2.35. The van der Waals surface area contributed by atoms with Crippen LogP contribution < -0.4 is 10.1 Å². The molecule has 1 atom stereocenters. The van der Waals surface area contributed by atoms with Crippen LogP contribution in [0.25, 0.3) is 21.3 Å². The molecule has 4 nitrogen and oxygen atoms in total. The lowest BCUT2D eigenvalue weighted by atomic mass is 9.90. The van der Waals surface area contributed by atoms with E-state index in [0.29, 0.717) is 13.2 Å². The van der Waals surface area contributed by atoms with Gasteiger partial charge in [0.05, 0.1) is 22.7 Å². The van der Waals surface area contributed by atoms with Crippen molar-refractivity contribution in [3.05, 3.63) is 71.3 Å². The molecule has 0 fully saturated rings. The monoisotopic (exact) mass is 502 g/mol. The summed E-state index contributed by atoms with van der Waals surface area (Å²) in [5.41, 5.74) is 6.90. The Morgan fingerprint density at radius 3 is 2.71 bits per heavy atom. The molecule has 1 aromatic heterocycles. The molecule has 0 bridgehead atoms. The third-order valence-electron chi connectivity index (χ3n) is 6.28. The van der Waals surface area contributed by atoms with E-state index in [1.165, 1.54) is 27.1 Å². The lowest BCUT2D eigenvalue weighted by molar-refractivity contribution is -0.121. The van der Waals surface area contributed by atoms with Crippen molar-refractivity contribution in [2.24, 2.45) is 0 Å². The zero-order valence-corrected chi connectivity index (χ0v) is 22.0. The first-order valence-corrected chi connectivity index (χ1v) is 14.0. The average molecular weight is 503 g/mol. The van der Waals surface area contributed by atoms with Gasteiger partial charge in [0.2, 0.25) is 5.91 Å². The van der Waals surface area contributed by atoms with E-state index in [9.17, 15) is 4.79 Å². The number of benzene rings is 3.